The molecule has 15 heteroatoms. The van der Waals surface area contributed by atoms with Crippen molar-refractivity contribution in [2.24, 2.45) is 0 Å². The van der Waals surface area contributed by atoms with Crippen molar-refractivity contribution in [3.05, 3.63) is 30.5 Å². The average Bonchev–Trinajstić information content (AvgIpc) is 3.44. The first-order chi connectivity index (χ1) is 19.6. The topological polar surface area (TPSA) is 179 Å². The van der Waals surface area contributed by atoms with Crippen LogP contribution in [-0.4, -0.2) is 81.6 Å². The summed E-state index contributed by atoms with van der Waals surface area (Å²) in [5, 5.41) is 8.31. The number of fused-ring (bicyclic) bond motifs is 1. The molecule has 1 aromatic heterocycles. The van der Waals surface area contributed by atoms with Crippen LogP contribution in [-0.2, 0) is 29.0 Å². The van der Waals surface area contributed by atoms with Crippen molar-refractivity contribution in [3.63, 3.8) is 0 Å². The van der Waals surface area contributed by atoms with E-state index in [2.05, 4.69) is 30.6 Å². The molecule has 14 nitrogen and oxygen atoms in total. The van der Waals surface area contributed by atoms with Gasteiger partial charge in [0, 0.05) is 18.8 Å². The fourth-order valence-electron chi connectivity index (χ4n) is 4.10. The molecule has 2 aromatic rings. The first-order valence-corrected chi connectivity index (χ1v) is 14.9. The summed E-state index contributed by atoms with van der Waals surface area (Å²) in [5.41, 5.74) is -0.469. The molecule has 41 heavy (non-hydrogen) atoms. The number of carbonyl (C=O) groups excluding carboxylic acids is 2. The van der Waals surface area contributed by atoms with Crippen LogP contribution in [0, 0.1) is 0 Å². The van der Waals surface area contributed by atoms with Crippen molar-refractivity contribution in [1.82, 2.24) is 20.0 Å². The lowest BCUT2D eigenvalue weighted by Crippen LogP contribution is -2.46. The number of hydrogen-bond donors (Lipinski definition) is 4. The zero-order valence-electron chi connectivity index (χ0n) is 23.1. The molecule has 224 valence electrons. The molecular weight excluding hydrogens is 556 g/mol. The Kier molecular flexibility index (Phi) is 10.3. The molecule has 0 radical (unpaired) electrons. The third-order valence-electron chi connectivity index (χ3n) is 6.32. The SMILES string of the molecule is CC1(C)Oc2cnc(Nc3ccc(S(=O)(=O)NCCOCCOCCNC(=O)OC4CCCC4)cc3)nc2NC1=O. The zero-order chi connectivity index (χ0) is 29.3. The highest BCUT2D eigenvalue weighted by Crippen LogP contribution is 2.32. The van der Waals surface area contributed by atoms with Gasteiger partial charge in [-0.05, 0) is 63.8 Å². The number of hydrogen-bond acceptors (Lipinski definition) is 11. The number of nitrogens with one attached hydrogen (secondary N) is 4. The number of carbonyl (C=O) groups is 2. The van der Waals surface area contributed by atoms with Gasteiger partial charge in [0.2, 0.25) is 16.0 Å². The number of ether oxygens (including phenoxy) is 4. The van der Waals surface area contributed by atoms with Gasteiger partial charge in [0.05, 0.1) is 37.5 Å². The lowest BCUT2D eigenvalue weighted by molar-refractivity contribution is -0.129. The van der Waals surface area contributed by atoms with Crippen LogP contribution in [0.5, 0.6) is 5.75 Å². The molecule has 2 amide bonds. The maximum atomic E-state index is 12.6. The molecule has 1 saturated carbocycles. The Hall–Kier alpha value is -3.53. The largest absolute Gasteiger partial charge is 0.472 e. The second-order valence-corrected chi connectivity index (χ2v) is 11.8. The number of rotatable bonds is 14. The molecule has 0 saturated heterocycles. The summed E-state index contributed by atoms with van der Waals surface area (Å²) in [6.07, 6.45) is 5.10. The molecule has 0 atom stereocenters. The normalized spacial score (nSPS) is 16.4. The van der Waals surface area contributed by atoms with Gasteiger partial charge in [-0.15, -0.1) is 0 Å². The highest BCUT2D eigenvalue weighted by Gasteiger charge is 2.36. The lowest BCUT2D eigenvalue weighted by Gasteiger charge is -2.30. The number of nitrogens with zero attached hydrogens (tertiary/aromatic N) is 2. The van der Waals surface area contributed by atoms with Crippen LogP contribution >= 0.6 is 0 Å². The monoisotopic (exact) mass is 592 g/mol. The molecule has 0 bridgehead atoms. The van der Waals surface area contributed by atoms with E-state index < -0.39 is 21.7 Å². The molecule has 0 spiro atoms. The van der Waals surface area contributed by atoms with Crippen molar-refractivity contribution >= 4 is 39.5 Å². The van der Waals surface area contributed by atoms with E-state index in [-0.39, 0.29) is 48.4 Å². The highest BCUT2D eigenvalue weighted by atomic mass is 32.2. The van der Waals surface area contributed by atoms with Crippen LogP contribution < -0.4 is 25.4 Å². The van der Waals surface area contributed by atoms with Crippen molar-refractivity contribution in [1.29, 1.82) is 0 Å². The van der Waals surface area contributed by atoms with Gasteiger partial charge in [-0.2, -0.15) is 4.98 Å². The quantitative estimate of drug-likeness (QED) is 0.237. The lowest BCUT2D eigenvalue weighted by atomic mass is 10.1. The summed E-state index contributed by atoms with van der Waals surface area (Å²) >= 11 is 0. The number of aromatic nitrogens is 2. The molecule has 1 aromatic carbocycles. The second-order valence-electron chi connectivity index (χ2n) is 9.98. The summed E-state index contributed by atoms with van der Waals surface area (Å²) in [6, 6.07) is 6.05. The van der Waals surface area contributed by atoms with Gasteiger partial charge in [-0.3, -0.25) is 4.79 Å². The summed E-state index contributed by atoms with van der Waals surface area (Å²) < 4.78 is 49.3. The van der Waals surface area contributed by atoms with Gasteiger partial charge >= 0.3 is 6.09 Å². The number of amides is 2. The Morgan fingerprint density at radius 1 is 1.07 bits per heavy atom. The molecule has 1 fully saturated rings. The van der Waals surface area contributed by atoms with Gasteiger partial charge in [0.15, 0.2) is 17.2 Å². The fourth-order valence-corrected chi connectivity index (χ4v) is 5.11. The van der Waals surface area contributed by atoms with E-state index in [0.717, 1.165) is 25.7 Å². The van der Waals surface area contributed by atoms with Crippen LogP contribution in [0.25, 0.3) is 0 Å². The number of sulfonamides is 1. The van der Waals surface area contributed by atoms with Gasteiger partial charge in [0.1, 0.15) is 6.10 Å². The minimum atomic E-state index is -3.74. The van der Waals surface area contributed by atoms with Crippen molar-refractivity contribution in [2.45, 2.75) is 56.1 Å². The molecular formula is C26H36N6O8S. The summed E-state index contributed by atoms with van der Waals surface area (Å²) in [7, 11) is -3.74. The molecule has 2 heterocycles. The minimum Gasteiger partial charge on any atom is -0.472 e. The van der Waals surface area contributed by atoms with E-state index in [1.807, 2.05) is 0 Å². The summed E-state index contributed by atoms with van der Waals surface area (Å²) in [5.74, 6) is 0.491. The standard InChI is InChI=1S/C26H36N6O8S/c1-26(2)23(33)31-22-21(40-26)17-28-24(32-22)30-18-7-9-20(10-8-18)41(35,36)29-12-14-38-16-15-37-13-11-27-25(34)39-19-5-3-4-6-19/h7-10,17,19,29H,3-6,11-16H2,1-2H3,(H,27,34)(H2,28,30,31,32,33). The van der Waals surface area contributed by atoms with Gasteiger partial charge in [0.25, 0.3) is 5.91 Å². The predicted molar refractivity (Wildman–Crippen MR) is 149 cm³/mol. The molecule has 2 aliphatic rings. The molecule has 4 rings (SSSR count). The van der Waals surface area contributed by atoms with Gasteiger partial charge in [-0.1, -0.05) is 0 Å². The Labute approximate surface area is 238 Å². The van der Waals surface area contributed by atoms with E-state index in [0.29, 0.717) is 31.2 Å². The average molecular weight is 593 g/mol. The minimum absolute atomic E-state index is 0.0235. The third-order valence-corrected chi connectivity index (χ3v) is 7.80. The smallest absolute Gasteiger partial charge is 0.407 e. The van der Waals surface area contributed by atoms with Crippen LogP contribution in [0.2, 0.25) is 0 Å². The number of benzene rings is 1. The van der Waals surface area contributed by atoms with Crippen LogP contribution in [0.3, 0.4) is 0 Å². The van der Waals surface area contributed by atoms with Crippen LogP contribution in [0.15, 0.2) is 35.4 Å². The predicted octanol–water partition coefficient (Wildman–Crippen LogP) is 2.31. The Bertz CT molecular complexity index is 1300. The maximum Gasteiger partial charge on any atom is 0.407 e. The Balaban J connectivity index is 1.10. The zero-order valence-corrected chi connectivity index (χ0v) is 23.9. The molecule has 1 aliphatic heterocycles. The number of anilines is 3. The van der Waals surface area contributed by atoms with E-state index in [1.165, 1.54) is 18.3 Å². The molecule has 1 aliphatic carbocycles. The van der Waals surface area contributed by atoms with E-state index >= 15 is 0 Å². The third kappa shape index (κ3) is 8.98. The molecule has 0 unspecified atom stereocenters. The van der Waals surface area contributed by atoms with Crippen LogP contribution in [0.4, 0.5) is 22.2 Å². The first-order valence-electron chi connectivity index (χ1n) is 13.5. The first kappa shape index (κ1) is 30.4. The van der Waals surface area contributed by atoms with E-state index in [4.69, 9.17) is 18.9 Å². The van der Waals surface area contributed by atoms with Crippen molar-refractivity contribution in [2.75, 3.05) is 50.2 Å². The molecule has 4 N–H and O–H groups in total. The Morgan fingerprint density at radius 3 is 2.46 bits per heavy atom. The van der Waals surface area contributed by atoms with Gasteiger partial charge in [-0.25, -0.2) is 22.9 Å². The number of alkyl carbamates (subject to hydrolysis) is 1. The van der Waals surface area contributed by atoms with Crippen molar-refractivity contribution < 1.29 is 37.0 Å². The Morgan fingerprint density at radius 2 is 1.76 bits per heavy atom. The van der Waals surface area contributed by atoms with Crippen LogP contribution in [0.1, 0.15) is 39.5 Å². The fraction of sp³-hybridized carbons (Fsp3) is 0.538. The summed E-state index contributed by atoms with van der Waals surface area (Å²) in [4.78, 5) is 32.3. The van der Waals surface area contributed by atoms with Gasteiger partial charge < -0.3 is 34.9 Å². The van der Waals surface area contributed by atoms with E-state index in [1.54, 1.807) is 26.0 Å². The van der Waals surface area contributed by atoms with E-state index in [9.17, 15) is 18.0 Å². The maximum absolute atomic E-state index is 12.6. The summed E-state index contributed by atoms with van der Waals surface area (Å²) in [6.45, 7) is 4.80. The second kappa shape index (κ2) is 13.9. The van der Waals surface area contributed by atoms with Crippen molar-refractivity contribution in [3.8, 4) is 5.75 Å². The highest BCUT2D eigenvalue weighted by molar-refractivity contribution is 7.89.